The molecule has 0 aliphatic rings. The molecule has 1 N–H and O–H groups in total. The van der Waals surface area contributed by atoms with Crippen LogP contribution in [-0.2, 0) is 6.42 Å². The van der Waals surface area contributed by atoms with E-state index < -0.39 is 5.60 Å². The summed E-state index contributed by atoms with van der Waals surface area (Å²) in [5.74, 6) is -0.217. The van der Waals surface area contributed by atoms with Crippen LogP contribution in [0, 0.1) is 0 Å². The summed E-state index contributed by atoms with van der Waals surface area (Å²) in [5, 5.41) is 9.74. The van der Waals surface area contributed by atoms with Crippen molar-refractivity contribution in [2.75, 3.05) is 0 Å². The molecule has 0 aliphatic carbocycles. The van der Waals surface area contributed by atoms with E-state index in [1.54, 1.807) is 0 Å². The number of aliphatic hydroxyl groups is 1. The number of carbonyl (C=O) groups excluding carboxylic acids is 1. The van der Waals surface area contributed by atoms with Crippen molar-refractivity contribution in [2.24, 2.45) is 0 Å². The van der Waals surface area contributed by atoms with Gasteiger partial charge >= 0.3 is 0 Å². The molecule has 2 nitrogen and oxygen atoms in total. The van der Waals surface area contributed by atoms with Crippen LogP contribution in [0.3, 0.4) is 0 Å². The van der Waals surface area contributed by atoms with E-state index >= 15 is 0 Å². The molecule has 0 bridgehead atoms. The van der Waals surface area contributed by atoms with Crippen LogP contribution in [0.1, 0.15) is 88.1 Å². The van der Waals surface area contributed by atoms with E-state index in [9.17, 15) is 9.90 Å². The number of aryl methyl sites for hydroxylation is 1. The van der Waals surface area contributed by atoms with E-state index in [-0.39, 0.29) is 5.78 Å². The van der Waals surface area contributed by atoms with Crippen LogP contribution in [0.5, 0.6) is 0 Å². The number of rotatable bonds is 11. The maximum atomic E-state index is 11.9. The molecule has 0 radical (unpaired) electrons. The van der Waals surface area contributed by atoms with Gasteiger partial charge in [0.25, 0.3) is 0 Å². The Morgan fingerprint density at radius 3 is 1.91 bits per heavy atom. The number of Topliss-reactive ketones (excluding diaryl/α,β-unsaturated/α-hetero) is 1. The Hall–Kier alpha value is -1.15. The average molecular weight is 304 g/mol. The third-order valence-electron chi connectivity index (χ3n) is 4.09. The number of carbonyl (C=O) groups is 1. The monoisotopic (exact) mass is 304 g/mol. The average Bonchev–Trinajstić information content (AvgIpc) is 2.49. The zero-order valence-corrected chi connectivity index (χ0v) is 14.5. The third-order valence-corrected chi connectivity index (χ3v) is 4.09. The number of benzene rings is 1. The largest absolute Gasteiger partial charge is 0.382 e. The van der Waals surface area contributed by atoms with Gasteiger partial charge in [-0.3, -0.25) is 4.79 Å². The van der Waals surface area contributed by atoms with E-state index in [0.717, 1.165) is 6.42 Å². The van der Waals surface area contributed by atoms with E-state index in [2.05, 4.69) is 6.92 Å². The van der Waals surface area contributed by atoms with Gasteiger partial charge in [0.1, 0.15) is 5.60 Å². The first-order valence-corrected chi connectivity index (χ1v) is 8.81. The van der Waals surface area contributed by atoms with E-state index in [1.165, 1.54) is 70.8 Å². The Balaban J connectivity index is 2.24. The molecular weight excluding hydrogens is 272 g/mol. The van der Waals surface area contributed by atoms with E-state index in [1.807, 2.05) is 24.3 Å². The standard InChI is InChI=1S/C20H32O2/c1-4-5-6-7-8-9-10-11-12-17-13-15-18(16-14-17)19(21)20(2,3)22/h13-16,22H,4-12H2,1-3H3. The minimum absolute atomic E-state index is 0.217. The van der Waals surface area contributed by atoms with E-state index in [4.69, 9.17) is 0 Å². The first-order chi connectivity index (χ1) is 10.4. The summed E-state index contributed by atoms with van der Waals surface area (Å²) in [6, 6.07) is 7.70. The summed E-state index contributed by atoms with van der Waals surface area (Å²) in [5.41, 5.74) is 0.574. The van der Waals surface area contributed by atoms with Crippen molar-refractivity contribution in [2.45, 2.75) is 84.2 Å². The summed E-state index contributed by atoms with van der Waals surface area (Å²) in [7, 11) is 0. The highest BCUT2D eigenvalue weighted by atomic mass is 16.3. The minimum Gasteiger partial charge on any atom is -0.382 e. The van der Waals surface area contributed by atoms with Gasteiger partial charge in [-0.05, 0) is 32.3 Å². The quantitative estimate of drug-likeness (QED) is 0.443. The summed E-state index contributed by atoms with van der Waals surface area (Å²) in [6.07, 6.45) is 11.7. The number of ketones is 1. The summed E-state index contributed by atoms with van der Waals surface area (Å²) in [4.78, 5) is 11.9. The second-order valence-electron chi connectivity index (χ2n) is 6.81. The van der Waals surface area contributed by atoms with Crippen molar-refractivity contribution in [3.8, 4) is 0 Å². The molecule has 0 fully saturated rings. The van der Waals surface area contributed by atoms with Crippen molar-refractivity contribution in [1.29, 1.82) is 0 Å². The maximum Gasteiger partial charge on any atom is 0.193 e. The molecule has 0 aromatic heterocycles. The Labute approximate surface area is 135 Å². The summed E-state index contributed by atoms with van der Waals surface area (Å²) in [6.45, 7) is 5.31. The lowest BCUT2D eigenvalue weighted by Crippen LogP contribution is -2.31. The molecule has 0 aliphatic heterocycles. The van der Waals surface area contributed by atoms with Crippen LogP contribution in [0.25, 0.3) is 0 Å². The molecule has 2 heteroatoms. The van der Waals surface area contributed by atoms with Crippen LogP contribution < -0.4 is 0 Å². The van der Waals surface area contributed by atoms with Crippen molar-refractivity contribution in [1.82, 2.24) is 0 Å². The lowest BCUT2D eigenvalue weighted by molar-refractivity contribution is 0.0488. The van der Waals surface area contributed by atoms with Gasteiger partial charge in [0.15, 0.2) is 5.78 Å². The van der Waals surface area contributed by atoms with Gasteiger partial charge < -0.3 is 5.11 Å². The lowest BCUT2D eigenvalue weighted by atomic mass is 9.95. The molecule has 0 unspecified atom stereocenters. The molecule has 0 saturated carbocycles. The first kappa shape index (κ1) is 18.9. The van der Waals surface area contributed by atoms with Gasteiger partial charge in [-0.2, -0.15) is 0 Å². The number of unbranched alkanes of at least 4 members (excludes halogenated alkanes) is 7. The topological polar surface area (TPSA) is 37.3 Å². The van der Waals surface area contributed by atoms with E-state index in [0.29, 0.717) is 5.56 Å². The molecule has 0 atom stereocenters. The van der Waals surface area contributed by atoms with Crippen LogP contribution in [0.2, 0.25) is 0 Å². The fraction of sp³-hybridized carbons (Fsp3) is 0.650. The second kappa shape index (κ2) is 9.78. The molecule has 0 amide bonds. The van der Waals surface area contributed by atoms with Gasteiger partial charge in [0.2, 0.25) is 0 Å². The zero-order chi connectivity index (χ0) is 16.4. The highest BCUT2D eigenvalue weighted by Gasteiger charge is 2.24. The van der Waals surface area contributed by atoms with Crippen molar-refractivity contribution in [3.63, 3.8) is 0 Å². The molecular formula is C20H32O2. The van der Waals surface area contributed by atoms with Gasteiger partial charge in [-0.25, -0.2) is 0 Å². The van der Waals surface area contributed by atoms with Crippen molar-refractivity contribution in [3.05, 3.63) is 35.4 Å². The third kappa shape index (κ3) is 7.22. The SMILES string of the molecule is CCCCCCCCCCc1ccc(C(=O)C(C)(C)O)cc1. The molecule has 0 saturated heterocycles. The maximum absolute atomic E-state index is 11.9. The van der Waals surface area contributed by atoms with Gasteiger partial charge in [0.05, 0.1) is 0 Å². The molecule has 1 aromatic carbocycles. The molecule has 22 heavy (non-hydrogen) atoms. The van der Waals surface area contributed by atoms with Crippen LogP contribution >= 0.6 is 0 Å². The second-order valence-corrected chi connectivity index (χ2v) is 6.81. The number of hydrogen-bond donors (Lipinski definition) is 1. The van der Waals surface area contributed by atoms with Gasteiger partial charge in [-0.15, -0.1) is 0 Å². The minimum atomic E-state index is -1.29. The normalized spacial score (nSPS) is 11.6. The molecule has 124 valence electrons. The highest BCUT2D eigenvalue weighted by molar-refractivity contribution is 6.01. The molecule has 0 spiro atoms. The lowest BCUT2D eigenvalue weighted by Gasteiger charge is -2.15. The predicted molar refractivity (Wildman–Crippen MR) is 93.4 cm³/mol. The van der Waals surface area contributed by atoms with Gasteiger partial charge in [0, 0.05) is 5.56 Å². The summed E-state index contributed by atoms with van der Waals surface area (Å²) < 4.78 is 0. The van der Waals surface area contributed by atoms with Gasteiger partial charge in [-0.1, -0.05) is 76.1 Å². The number of hydrogen-bond acceptors (Lipinski definition) is 2. The molecule has 1 aromatic rings. The Morgan fingerprint density at radius 1 is 0.909 bits per heavy atom. The predicted octanol–water partition coefficient (Wildman–Crippen LogP) is 5.32. The van der Waals surface area contributed by atoms with Crippen molar-refractivity contribution < 1.29 is 9.90 Å². The highest BCUT2D eigenvalue weighted by Crippen LogP contribution is 2.15. The first-order valence-electron chi connectivity index (χ1n) is 8.81. The Kier molecular flexibility index (Phi) is 8.40. The molecule has 0 heterocycles. The van der Waals surface area contributed by atoms with Crippen LogP contribution in [0.15, 0.2) is 24.3 Å². The van der Waals surface area contributed by atoms with Crippen LogP contribution in [0.4, 0.5) is 0 Å². The summed E-state index contributed by atoms with van der Waals surface area (Å²) >= 11 is 0. The zero-order valence-electron chi connectivity index (χ0n) is 14.5. The van der Waals surface area contributed by atoms with Crippen molar-refractivity contribution >= 4 is 5.78 Å². The fourth-order valence-electron chi connectivity index (χ4n) is 2.64. The van der Waals surface area contributed by atoms with Crippen LogP contribution in [-0.4, -0.2) is 16.5 Å². The smallest absolute Gasteiger partial charge is 0.193 e. The Bertz CT molecular complexity index is 426. The molecule has 1 rings (SSSR count). The Morgan fingerprint density at radius 2 is 1.41 bits per heavy atom. The fourth-order valence-corrected chi connectivity index (χ4v) is 2.64.